The molecule has 0 radical (unpaired) electrons. The van der Waals surface area contributed by atoms with Gasteiger partial charge in [-0.25, -0.2) is 0 Å². The molecule has 1 aromatic rings. The molecule has 0 aliphatic heterocycles. The van der Waals surface area contributed by atoms with Crippen LogP contribution in [-0.2, 0) is 0 Å². The summed E-state index contributed by atoms with van der Waals surface area (Å²) in [5.41, 5.74) is 5.64. The van der Waals surface area contributed by atoms with Gasteiger partial charge in [-0.15, -0.1) is 0 Å². The Morgan fingerprint density at radius 3 is 2.64 bits per heavy atom. The zero-order valence-electron chi connectivity index (χ0n) is 6.66. The second-order valence-corrected chi connectivity index (χ2v) is 4.35. The van der Waals surface area contributed by atoms with Crippen molar-refractivity contribution in [3.63, 3.8) is 0 Å². The van der Waals surface area contributed by atoms with Crippen LogP contribution in [0.25, 0.3) is 0 Å². The number of nitrogens with zero attached hydrogens (tertiary/aromatic N) is 1. The number of nitro groups is 1. The molecule has 0 bridgehead atoms. The maximum Gasteiger partial charge on any atom is 0.282 e. The van der Waals surface area contributed by atoms with Crippen molar-refractivity contribution in [3.8, 4) is 0 Å². The molecule has 0 spiro atoms. The molecule has 0 saturated heterocycles. The highest BCUT2D eigenvalue weighted by atomic mass is 127. The van der Waals surface area contributed by atoms with Gasteiger partial charge in [0.15, 0.2) is 6.29 Å². The van der Waals surface area contributed by atoms with Crippen LogP contribution in [0.3, 0.4) is 0 Å². The minimum atomic E-state index is -0.615. The van der Waals surface area contributed by atoms with Crippen LogP contribution in [0.15, 0.2) is 10.5 Å². The van der Waals surface area contributed by atoms with Gasteiger partial charge in [-0.2, -0.15) is 0 Å². The van der Waals surface area contributed by atoms with E-state index in [9.17, 15) is 14.9 Å². The molecule has 14 heavy (non-hydrogen) atoms. The Kier molecular flexibility index (Phi) is 3.43. The summed E-state index contributed by atoms with van der Waals surface area (Å²) in [5, 5.41) is 10.6. The van der Waals surface area contributed by atoms with E-state index in [0.717, 1.165) is 0 Å². The van der Waals surface area contributed by atoms with E-state index in [1.165, 1.54) is 6.07 Å². The number of halogens is 2. The molecule has 1 aromatic carbocycles. The van der Waals surface area contributed by atoms with Crippen molar-refractivity contribution in [3.05, 3.63) is 29.8 Å². The molecule has 0 aliphatic carbocycles. The second-order valence-electron chi connectivity index (χ2n) is 2.39. The molecule has 74 valence electrons. The van der Waals surface area contributed by atoms with Crippen molar-refractivity contribution in [1.82, 2.24) is 0 Å². The average molecular weight is 371 g/mol. The first kappa shape index (κ1) is 11.4. The van der Waals surface area contributed by atoms with Crippen LogP contribution in [0, 0.1) is 13.7 Å². The highest BCUT2D eigenvalue weighted by Gasteiger charge is 2.20. The fourth-order valence-electron chi connectivity index (χ4n) is 0.901. The third-order valence-corrected chi connectivity index (χ3v) is 3.33. The van der Waals surface area contributed by atoms with Crippen LogP contribution in [0.5, 0.6) is 0 Å². The van der Waals surface area contributed by atoms with E-state index in [-0.39, 0.29) is 15.7 Å². The first-order valence-corrected chi connectivity index (χ1v) is 5.23. The van der Waals surface area contributed by atoms with Crippen LogP contribution in [0.2, 0.25) is 0 Å². The number of nitro benzene ring substituents is 1. The molecule has 0 saturated carbocycles. The molecule has 0 amide bonds. The molecule has 7 heteroatoms. The van der Waals surface area contributed by atoms with Crippen LogP contribution in [0.1, 0.15) is 10.4 Å². The van der Waals surface area contributed by atoms with Crippen LogP contribution in [-0.4, -0.2) is 11.2 Å². The number of anilines is 1. The monoisotopic (exact) mass is 370 g/mol. The second kappa shape index (κ2) is 4.22. The number of nitrogen functional groups attached to an aromatic ring is 1. The molecule has 0 atom stereocenters. The number of carbonyl (C=O) groups excluding carboxylic acids is 1. The quantitative estimate of drug-likeness (QED) is 0.284. The summed E-state index contributed by atoms with van der Waals surface area (Å²) in [6.45, 7) is 0. The zero-order valence-corrected chi connectivity index (χ0v) is 10.4. The molecule has 0 heterocycles. The lowest BCUT2D eigenvalue weighted by molar-refractivity contribution is -0.385. The maximum absolute atomic E-state index is 10.6. The number of hydrogen-bond donors (Lipinski definition) is 1. The largest absolute Gasteiger partial charge is 0.397 e. The molecule has 0 unspecified atom stereocenters. The van der Waals surface area contributed by atoms with Gasteiger partial charge in [-0.05, 0) is 38.5 Å². The van der Waals surface area contributed by atoms with E-state index < -0.39 is 4.92 Å². The van der Waals surface area contributed by atoms with Crippen molar-refractivity contribution >= 4 is 56.2 Å². The fraction of sp³-hybridized carbons (Fsp3) is 0. The standard InChI is InChI=1S/C7H4BrIN2O3/c8-6-3(2-12)5(11(13)14)1-4(9)7(6)10/h1-2H,10H2. The van der Waals surface area contributed by atoms with E-state index in [1.807, 2.05) is 22.6 Å². The Bertz CT molecular complexity index is 422. The van der Waals surface area contributed by atoms with E-state index >= 15 is 0 Å². The van der Waals surface area contributed by atoms with Crippen molar-refractivity contribution < 1.29 is 9.72 Å². The summed E-state index contributed by atoms with van der Waals surface area (Å²) in [5.74, 6) is 0. The summed E-state index contributed by atoms with van der Waals surface area (Å²) in [6, 6.07) is 1.27. The predicted octanol–water partition coefficient (Wildman–Crippen LogP) is 2.36. The van der Waals surface area contributed by atoms with E-state index in [4.69, 9.17) is 5.73 Å². The molecule has 5 nitrogen and oxygen atoms in total. The molecular formula is C7H4BrIN2O3. The van der Waals surface area contributed by atoms with Crippen LogP contribution >= 0.6 is 38.5 Å². The van der Waals surface area contributed by atoms with Gasteiger partial charge in [-0.1, -0.05) is 0 Å². The van der Waals surface area contributed by atoms with Crippen LogP contribution < -0.4 is 5.73 Å². The molecule has 0 aliphatic rings. The van der Waals surface area contributed by atoms with Crippen molar-refractivity contribution in [2.75, 3.05) is 5.73 Å². The van der Waals surface area contributed by atoms with E-state index in [2.05, 4.69) is 15.9 Å². The van der Waals surface area contributed by atoms with E-state index in [0.29, 0.717) is 15.5 Å². The number of carbonyl (C=O) groups is 1. The van der Waals surface area contributed by atoms with Crippen LogP contribution in [0.4, 0.5) is 11.4 Å². The Labute approximate surface area is 101 Å². The van der Waals surface area contributed by atoms with E-state index in [1.54, 1.807) is 0 Å². The summed E-state index contributed by atoms with van der Waals surface area (Å²) in [4.78, 5) is 20.6. The summed E-state index contributed by atoms with van der Waals surface area (Å²) < 4.78 is 0.804. The summed E-state index contributed by atoms with van der Waals surface area (Å²) in [6.07, 6.45) is 0.411. The Balaban J connectivity index is 3.59. The SMILES string of the molecule is Nc1c(I)cc([N+](=O)[O-])c(C=O)c1Br. The highest BCUT2D eigenvalue weighted by molar-refractivity contribution is 14.1. The maximum atomic E-state index is 10.6. The molecule has 1 rings (SSSR count). The first-order valence-electron chi connectivity index (χ1n) is 3.36. The Morgan fingerprint density at radius 1 is 1.64 bits per heavy atom. The Hall–Kier alpha value is -0.700. The number of nitrogens with two attached hydrogens (primary N) is 1. The van der Waals surface area contributed by atoms with Gasteiger partial charge in [0, 0.05) is 9.64 Å². The number of benzene rings is 1. The number of aldehydes is 1. The van der Waals surface area contributed by atoms with Gasteiger partial charge in [0.25, 0.3) is 5.69 Å². The van der Waals surface area contributed by atoms with Gasteiger partial charge in [-0.3, -0.25) is 14.9 Å². The van der Waals surface area contributed by atoms with Gasteiger partial charge in [0.2, 0.25) is 0 Å². The number of hydrogen-bond acceptors (Lipinski definition) is 4. The highest BCUT2D eigenvalue weighted by Crippen LogP contribution is 2.34. The third-order valence-electron chi connectivity index (χ3n) is 1.58. The predicted molar refractivity (Wildman–Crippen MR) is 63.3 cm³/mol. The van der Waals surface area contributed by atoms with Gasteiger partial charge >= 0.3 is 0 Å². The van der Waals surface area contributed by atoms with Crippen molar-refractivity contribution in [2.45, 2.75) is 0 Å². The minimum absolute atomic E-state index is 0.0343. The normalized spacial score (nSPS) is 9.86. The molecular weight excluding hydrogens is 367 g/mol. The van der Waals surface area contributed by atoms with Crippen molar-refractivity contribution in [1.29, 1.82) is 0 Å². The molecule has 2 N–H and O–H groups in total. The first-order chi connectivity index (χ1) is 6.49. The fourth-order valence-corrected chi connectivity index (χ4v) is 2.35. The van der Waals surface area contributed by atoms with Crippen molar-refractivity contribution in [2.24, 2.45) is 0 Å². The summed E-state index contributed by atoms with van der Waals surface area (Å²) >= 11 is 4.91. The lowest BCUT2D eigenvalue weighted by atomic mass is 10.2. The summed E-state index contributed by atoms with van der Waals surface area (Å²) in [7, 11) is 0. The number of rotatable bonds is 2. The minimum Gasteiger partial charge on any atom is -0.397 e. The lowest BCUT2D eigenvalue weighted by Gasteiger charge is -2.04. The zero-order chi connectivity index (χ0) is 10.9. The molecule has 0 aromatic heterocycles. The average Bonchev–Trinajstić information content (AvgIpc) is 2.13. The van der Waals surface area contributed by atoms with Gasteiger partial charge < -0.3 is 5.73 Å². The smallest absolute Gasteiger partial charge is 0.282 e. The Morgan fingerprint density at radius 2 is 2.21 bits per heavy atom. The van der Waals surface area contributed by atoms with Gasteiger partial charge in [0.05, 0.1) is 15.1 Å². The van der Waals surface area contributed by atoms with Gasteiger partial charge in [0.1, 0.15) is 5.56 Å². The third kappa shape index (κ3) is 1.87. The topological polar surface area (TPSA) is 86.2 Å². The molecule has 0 fully saturated rings. The lowest BCUT2D eigenvalue weighted by Crippen LogP contribution is -2.01.